The van der Waals surface area contributed by atoms with Gasteiger partial charge in [0.25, 0.3) is 5.91 Å². The highest BCUT2D eigenvalue weighted by atomic mass is 16.3. The van der Waals surface area contributed by atoms with E-state index in [1.807, 2.05) is 47.4 Å². The second-order valence-corrected chi connectivity index (χ2v) is 5.80. The molecule has 2 aromatic carbocycles. The molecule has 0 saturated heterocycles. The molecule has 1 aromatic heterocycles. The van der Waals surface area contributed by atoms with Crippen LogP contribution in [0.15, 0.2) is 71.3 Å². The normalized spacial score (nSPS) is 13.7. The van der Waals surface area contributed by atoms with E-state index >= 15 is 0 Å². The molecule has 1 amide bonds. The average molecular weight is 303 g/mol. The zero-order valence-corrected chi connectivity index (χ0v) is 12.7. The fourth-order valence-electron chi connectivity index (χ4n) is 3.07. The van der Waals surface area contributed by atoms with Crippen LogP contribution in [0.4, 0.5) is 0 Å². The highest BCUT2D eigenvalue weighted by Gasteiger charge is 2.21. The topological polar surface area (TPSA) is 33.5 Å². The molecule has 3 aromatic rings. The van der Waals surface area contributed by atoms with Crippen molar-refractivity contribution in [3.63, 3.8) is 0 Å². The molecular formula is C20H17NO2. The van der Waals surface area contributed by atoms with Crippen molar-refractivity contribution in [2.24, 2.45) is 0 Å². The molecule has 0 N–H and O–H groups in total. The molecule has 0 saturated carbocycles. The monoisotopic (exact) mass is 303 g/mol. The lowest BCUT2D eigenvalue weighted by molar-refractivity contribution is 0.0734. The van der Waals surface area contributed by atoms with Gasteiger partial charge in [0, 0.05) is 24.2 Å². The van der Waals surface area contributed by atoms with Crippen LogP contribution < -0.4 is 0 Å². The molecule has 1 aliphatic rings. The van der Waals surface area contributed by atoms with Crippen molar-refractivity contribution >= 4 is 5.91 Å². The number of furan rings is 1. The number of nitrogens with zero attached hydrogens (tertiary/aromatic N) is 1. The maximum atomic E-state index is 12.7. The molecule has 3 nitrogen and oxygen atoms in total. The van der Waals surface area contributed by atoms with E-state index in [4.69, 9.17) is 4.42 Å². The average Bonchev–Trinajstić information content (AvgIpc) is 3.15. The second-order valence-electron chi connectivity index (χ2n) is 5.80. The molecule has 0 atom stereocenters. The Morgan fingerprint density at radius 3 is 2.43 bits per heavy atom. The summed E-state index contributed by atoms with van der Waals surface area (Å²) in [6.07, 6.45) is 2.58. The lowest BCUT2D eigenvalue weighted by Crippen LogP contribution is -2.35. The number of hydrogen-bond acceptors (Lipinski definition) is 2. The summed E-state index contributed by atoms with van der Waals surface area (Å²) in [6.45, 7) is 1.46. The molecule has 0 radical (unpaired) electrons. The molecule has 2 heterocycles. The van der Waals surface area contributed by atoms with E-state index < -0.39 is 0 Å². The summed E-state index contributed by atoms with van der Waals surface area (Å²) >= 11 is 0. The molecular weight excluding hydrogens is 286 g/mol. The summed E-state index contributed by atoms with van der Waals surface area (Å²) in [5.74, 6) is 0.904. The maximum absolute atomic E-state index is 12.7. The van der Waals surface area contributed by atoms with Crippen molar-refractivity contribution in [1.82, 2.24) is 4.90 Å². The molecule has 23 heavy (non-hydrogen) atoms. The van der Waals surface area contributed by atoms with Crippen LogP contribution in [0.25, 0.3) is 11.3 Å². The number of carbonyl (C=O) groups excluding carboxylic acids is 1. The van der Waals surface area contributed by atoms with Gasteiger partial charge in [-0.1, -0.05) is 36.4 Å². The number of fused-ring (bicyclic) bond motifs is 1. The fourth-order valence-corrected chi connectivity index (χ4v) is 3.07. The van der Waals surface area contributed by atoms with Crippen LogP contribution in [0.2, 0.25) is 0 Å². The van der Waals surface area contributed by atoms with Gasteiger partial charge in [-0.05, 0) is 41.8 Å². The number of benzene rings is 2. The quantitative estimate of drug-likeness (QED) is 0.712. The van der Waals surface area contributed by atoms with Gasteiger partial charge >= 0.3 is 0 Å². The van der Waals surface area contributed by atoms with Gasteiger partial charge in [0.1, 0.15) is 5.76 Å². The molecule has 0 fully saturated rings. The lowest BCUT2D eigenvalue weighted by Gasteiger charge is -2.29. The number of hydrogen-bond donors (Lipinski definition) is 0. The van der Waals surface area contributed by atoms with E-state index in [-0.39, 0.29) is 5.91 Å². The van der Waals surface area contributed by atoms with Gasteiger partial charge in [-0.3, -0.25) is 4.79 Å². The summed E-state index contributed by atoms with van der Waals surface area (Å²) in [5, 5.41) is 0. The fraction of sp³-hybridized carbons (Fsp3) is 0.150. The SMILES string of the molecule is O=C(c1ccc(-c2ccco2)cc1)N1CCc2ccccc2C1. The van der Waals surface area contributed by atoms with E-state index in [2.05, 4.69) is 18.2 Å². The van der Waals surface area contributed by atoms with Gasteiger partial charge in [0.05, 0.1) is 6.26 Å². The number of rotatable bonds is 2. The third-order valence-electron chi connectivity index (χ3n) is 4.36. The predicted molar refractivity (Wildman–Crippen MR) is 89.0 cm³/mol. The summed E-state index contributed by atoms with van der Waals surface area (Å²) in [6, 6.07) is 19.7. The van der Waals surface area contributed by atoms with Gasteiger partial charge in [0.2, 0.25) is 0 Å². The Morgan fingerprint density at radius 2 is 1.70 bits per heavy atom. The first kappa shape index (κ1) is 13.8. The highest BCUT2D eigenvalue weighted by Crippen LogP contribution is 2.23. The molecule has 0 unspecified atom stereocenters. The zero-order chi connectivity index (χ0) is 15.6. The van der Waals surface area contributed by atoms with Gasteiger partial charge in [0.15, 0.2) is 0 Å². The molecule has 0 aliphatic carbocycles. The van der Waals surface area contributed by atoms with Crippen molar-refractivity contribution in [2.75, 3.05) is 6.54 Å². The lowest BCUT2D eigenvalue weighted by atomic mass is 9.99. The van der Waals surface area contributed by atoms with Crippen LogP contribution >= 0.6 is 0 Å². The van der Waals surface area contributed by atoms with Gasteiger partial charge < -0.3 is 9.32 Å². The van der Waals surface area contributed by atoms with Crippen molar-refractivity contribution in [1.29, 1.82) is 0 Å². The first-order valence-electron chi connectivity index (χ1n) is 7.81. The molecule has 1 aliphatic heterocycles. The first-order valence-corrected chi connectivity index (χ1v) is 7.81. The van der Waals surface area contributed by atoms with E-state index in [1.165, 1.54) is 11.1 Å². The second kappa shape index (κ2) is 5.76. The minimum absolute atomic E-state index is 0.0884. The summed E-state index contributed by atoms with van der Waals surface area (Å²) < 4.78 is 5.38. The van der Waals surface area contributed by atoms with Gasteiger partial charge in [-0.25, -0.2) is 0 Å². The largest absolute Gasteiger partial charge is 0.464 e. The van der Waals surface area contributed by atoms with Gasteiger partial charge in [-0.2, -0.15) is 0 Å². The Bertz CT molecular complexity index is 819. The standard InChI is InChI=1S/C20H17NO2/c22-20(21-12-11-15-4-1-2-5-18(15)14-21)17-9-7-16(8-10-17)19-6-3-13-23-19/h1-10,13H,11-12,14H2. The van der Waals surface area contributed by atoms with Crippen LogP contribution in [0.1, 0.15) is 21.5 Å². The van der Waals surface area contributed by atoms with Crippen LogP contribution in [0.5, 0.6) is 0 Å². The third-order valence-corrected chi connectivity index (χ3v) is 4.36. The van der Waals surface area contributed by atoms with Crippen LogP contribution in [0, 0.1) is 0 Å². The Hall–Kier alpha value is -2.81. The van der Waals surface area contributed by atoms with Gasteiger partial charge in [-0.15, -0.1) is 0 Å². The Labute approximate surface area is 135 Å². The molecule has 114 valence electrons. The van der Waals surface area contributed by atoms with E-state index in [1.54, 1.807) is 6.26 Å². The summed E-state index contributed by atoms with van der Waals surface area (Å²) in [5.41, 5.74) is 4.30. The Kier molecular flexibility index (Phi) is 3.46. The molecule has 4 rings (SSSR count). The van der Waals surface area contributed by atoms with Crippen LogP contribution in [0.3, 0.4) is 0 Å². The zero-order valence-electron chi connectivity index (χ0n) is 12.7. The Balaban J connectivity index is 1.53. The third kappa shape index (κ3) is 2.66. The minimum Gasteiger partial charge on any atom is -0.464 e. The number of amides is 1. The molecule has 0 bridgehead atoms. The smallest absolute Gasteiger partial charge is 0.254 e. The van der Waals surface area contributed by atoms with Crippen molar-refractivity contribution in [2.45, 2.75) is 13.0 Å². The first-order chi connectivity index (χ1) is 11.3. The van der Waals surface area contributed by atoms with Crippen LogP contribution in [-0.4, -0.2) is 17.4 Å². The summed E-state index contributed by atoms with van der Waals surface area (Å²) in [4.78, 5) is 14.6. The Morgan fingerprint density at radius 1 is 0.913 bits per heavy atom. The molecule has 3 heteroatoms. The van der Waals surface area contributed by atoms with Crippen molar-refractivity contribution < 1.29 is 9.21 Å². The van der Waals surface area contributed by atoms with E-state index in [0.29, 0.717) is 6.54 Å². The number of carbonyl (C=O) groups is 1. The van der Waals surface area contributed by atoms with E-state index in [9.17, 15) is 4.79 Å². The maximum Gasteiger partial charge on any atom is 0.254 e. The van der Waals surface area contributed by atoms with E-state index in [0.717, 1.165) is 29.9 Å². The molecule has 0 spiro atoms. The van der Waals surface area contributed by atoms with Crippen molar-refractivity contribution in [3.8, 4) is 11.3 Å². The summed E-state index contributed by atoms with van der Waals surface area (Å²) in [7, 11) is 0. The predicted octanol–water partition coefficient (Wildman–Crippen LogP) is 4.15. The highest BCUT2D eigenvalue weighted by molar-refractivity contribution is 5.94. The minimum atomic E-state index is 0.0884. The van der Waals surface area contributed by atoms with Crippen LogP contribution in [-0.2, 0) is 13.0 Å². The van der Waals surface area contributed by atoms with Crippen molar-refractivity contribution in [3.05, 3.63) is 83.6 Å².